The quantitative estimate of drug-likeness (QED) is 0.688. The van der Waals surface area contributed by atoms with E-state index < -0.39 is 24.1 Å². The van der Waals surface area contributed by atoms with Gasteiger partial charge in [-0.3, -0.25) is 4.79 Å². The van der Waals surface area contributed by atoms with Gasteiger partial charge in [0, 0.05) is 8.95 Å². The van der Waals surface area contributed by atoms with Crippen LogP contribution in [0, 0.1) is 6.92 Å². The molecule has 1 fully saturated rings. The van der Waals surface area contributed by atoms with Crippen LogP contribution in [0.1, 0.15) is 37.7 Å². The summed E-state index contributed by atoms with van der Waals surface area (Å²) in [6.45, 7) is 1.52. The third-order valence-electron chi connectivity index (χ3n) is 3.85. The molecule has 0 saturated heterocycles. The van der Waals surface area contributed by atoms with E-state index in [1.807, 2.05) is 19.1 Å². The first-order valence-electron chi connectivity index (χ1n) is 7.47. The van der Waals surface area contributed by atoms with Gasteiger partial charge in [-0.05, 0) is 82.2 Å². The molecular weight excluding hydrogens is 430 g/mol. The van der Waals surface area contributed by atoms with Crippen molar-refractivity contribution in [1.82, 2.24) is 0 Å². The smallest absolute Gasteiger partial charge is 0.338 e. The largest absolute Gasteiger partial charge is 0.453 e. The third kappa shape index (κ3) is 4.78. The summed E-state index contributed by atoms with van der Waals surface area (Å²) in [6, 6.07) is 3.74. The monoisotopic (exact) mass is 447 g/mol. The zero-order valence-corrected chi connectivity index (χ0v) is 16.0. The summed E-state index contributed by atoms with van der Waals surface area (Å²) in [5.74, 6) is -1.17. The van der Waals surface area contributed by atoms with Crippen molar-refractivity contribution in [3.05, 3.63) is 26.6 Å². The number of ether oxygens (including phenoxy) is 1. The van der Waals surface area contributed by atoms with Crippen molar-refractivity contribution in [1.29, 1.82) is 0 Å². The van der Waals surface area contributed by atoms with Crippen LogP contribution in [0.5, 0.6) is 0 Å². The van der Waals surface area contributed by atoms with Crippen molar-refractivity contribution in [2.24, 2.45) is 0 Å². The lowest BCUT2D eigenvalue weighted by molar-refractivity contribution is -0.170. The SMILES string of the molecule is Cc1cc(Br)c(NC(=O)COC(=O)C2(O)CCCCC2)c(Br)c1. The number of rotatable bonds is 4. The Balaban J connectivity index is 1.92. The van der Waals surface area contributed by atoms with Gasteiger partial charge in [0.2, 0.25) is 0 Å². The van der Waals surface area contributed by atoms with Crippen LogP contribution in [0.15, 0.2) is 21.1 Å². The van der Waals surface area contributed by atoms with Gasteiger partial charge in [-0.25, -0.2) is 4.79 Å². The highest BCUT2D eigenvalue weighted by Gasteiger charge is 2.38. The number of hydrogen-bond acceptors (Lipinski definition) is 4. The van der Waals surface area contributed by atoms with Crippen LogP contribution in [-0.2, 0) is 14.3 Å². The highest BCUT2D eigenvalue weighted by atomic mass is 79.9. The molecule has 1 aromatic carbocycles. The number of aryl methyl sites for hydroxylation is 1. The minimum absolute atomic E-state index is 0.391. The molecule has 2 N–H and O–H groups in total. The number of carbonyl (C=O) groups excluding carboxylic acids is 2. The van der Waals surface area contributed by atoms with Gasteiger partial charge < -0.3 is 15.2 Å². The van der Waals surface area contributed by atoms with Crippen molar-refractivity contribution in [3.63, 3.8) is 0 Å². The van der Waals surface area contributed by atoms with Crippen molar-refractivity contribution in [2.45, 2.75) is 44.6 Å². The molecule has 1 aliphatic rings. The van der Waals surface area contributed by atoms with Crippen LogP contribution in [0.2, 0.25) is 0 Å². The second-order valence-corrected chi connectivity index (χ2v) is 7.53. The summed E-state index contributed by atoms with van der Waals surface area (Å²) in [4.78, 5) is 24.0. The van der Waals surface area contributed by atoms with E-state index in [0.717, 1.165) is 33.8 Å². The number of benzene rings is 1. The third-order valence-corrected chi connectivity index (χ3v) is 5.10. The number of aliphatic hydroxyl groups is 1. The second kappa shape index (κ2) is 7.77. The number of esters is 1. The van der Waals surface area contributed by atoms with Crippen LogP contribution in [0.25, 0.3) is 0 Å². The summed E-state index contributed by atoms with van der Waals surface area (Å²) in [5.41, 5.74) is 0.171. The minimum atomic E-state index is -1.44. The maximum atomic E-state index is 12.0. The van der Waals surface area contributed by atoms with E-state index in [1.54, 1.807) is 0 Å². The topological polar surface area (TPSA) is 75.6 Å². The van der Waals surface area contributed by atoms with E-state index in [-0.39, 0.29) is 0 Å². The van der Waals surface area contributed by atoms with Gasteiger partial charge in [-0.1, -0.05) is 6.42 Å². The Morgan fingerprint density at radius 3 is 2.35 bits per heavy atom. The molecule has 1 aliphatic carbocycles. The van der Waals surface area contributed by atoms with Crippen LogP contribution in [-0.4, -0.2) is 29.2 Å². The van der Waals surface area contributed by atoms with Crippen molar-refractivity contribution in [2.75, 3.05) is 11.9 Å². The predicted octanol–water partition coefficient (Wildman–Crippen LogP) is 3.70. The van der Waals surface area contributed by atoms with Gasteiger partial charge in [-0.2, -0.15) is 0 Å². The number of halogens is 2. The predicted molar refractivity (Wildman–Crippen MR) is 94.2 cm³/mol. The molecule has 0 aliphatic heterocycles. The fraction of sp³-hybridized carbons (Fsp3) is 0.500. The Bertz CT molecular complexity index is 589. The summed E-state index contributed by atoms with van der Waals surface area (Å²) in [5, 5.41) is 12.9. The van der Waals surface area contributed by atoms with E-state index >= 15 is 0 Å². The number of anilines is 1. The first-order valence-corrected chi connectivity index (χ1v) is 9.05. The van der Waals surface area contributed by atoms with Crippen LogP contribution < -0.4 is 5.32 Å². The van der Waals surface area contributed by atoms with Crippen LogP contribution in [0.4, 0.5) is 5.69 Å². The van der Waals surface area contributed by atoms with Gasteiger partial charge >= 0.3 is 5.97 Å². The zero-order valence-electron chi connectivity index (χ0n) is 12.8. The molecule has 2 rings (SSSR count). The molecule has 126 valence electrons. The zero-order chi connectivity index (χ0) is 17.0. The second-order valence-electron chi connectivity index (χ2n) is 5.82. The normalized spacial score (nSPS) is 16.7. The highest BCUT2D eigenvalue weighted by Crippen LogP contribution is 2.32. The summed E-state index contributed by atoms with van der Waals surface area (Å²) >= 11 is 6.77. The van der Waals surface area contributed by atoms with E-state index in [2.05, 4.69) is 37.2 Å². The molecule has 0 radical (unpaired) electrons. The molecule has 0 unspecified atom stereocenters. The Morgan fingerprint density at radius 2 is 1.78 bits per heavy atom. The lowest BCUT2D eigenvalue weighted by atomic mass is 9.85. The lowest BCUT2D eigenvalue weighted by Gasteiger charge is -2.29. The van der Waals surface area contributed by atoms with Crippen molar-refractivity contribution >= 4 is 49.4 Å². The van der Waals surface area contributed by atoms with Crippen LogP contribution in [0.3, 0.4) is 0 Å². The molecule has 1 saturated carbocycles. The van der Waals surface area contributed by atoms with E-state index in [1.165, 1.54) is 0 Å². The Hall–Kier alpha value is -0.920. The minimum Gasteiger partial charge on any atom is -0.453 e. The van der Waals surface area contributed by atoms with Crippen molar-refractivity contribution in [3.8, 4) is 0 Å². The molecule has 0 bridgehead atoms. The highest BCUT2D eigenvalue weighted by molar-refractivity contribution is 9.11. The standard InChI is InChI=1S/C16H19Br2NO4/c1-10-7-11(17)14(12(18)8-10)19-13(20)9-23-15(21)16(22)5-3-2-4-6-16/h7-8,22H,2-6,9H2,1H3,(H,19,20). The molecule has 5 nitrogen and oxygen atoms in total. The first kappa shape index (κ1) is 18.4. The Labute approximate surface area is 152 Å². The summed E-state index contributed by atoms with van der Waals surface area (Å²) in [7, 11) is 0. The summed E-state index contributed by atoms with van der Waals surface area (Å²) in [6.07, 6.45) is 3.37. The lowest BCUT2D eigenvalue weighted by Crippen LogP contribution is -2.42. The maximum absolute atomic E-state index is 12.0. The molecule has 0 heterocycles. The molecule has 0 aromatic heterocycles. The fourth-order valence-corrected chi connectivity index (χ4v) is 4.21. The molecule has 1 amide bonds. The van der Waals surface area contributed by atoms with E-state index in [4.69, 9.17) is 4.74 Å². The summed E-state index contributed by atoms with van der Waals surface area (Å²) < 4.78 is 6.45. The molecule has 0 atom stereocenters. The van der Waals surface area contributed by atoms with E-state index in [9.17, 15) is 14.7 Å². The first-order chi connectivity index (χ1) is 10.8. The average Bonchev–Trinajstić information content (AvgIpc) is 2.49. The Morgan fingerprint density at radius 1 is 1.22 bits per heavy atom. The number of amides is 1. The van der Waals surface area contributed by atoms with Crippen molar-refractivity contribution < 1.29 is 19.4 Å². The van der Waals surface area contributed by atoms with Gasteiger partial charge in [0.15, 0.2) is 12.2 Å². The number of hydrogen-bond donors (Lipinski definition) is 2. The Kier molecular flexibility index (Phi) is 6.22. The van der Waals surface area contributed by atoms with Gasteiger partial charge in [0.25, 0.3) is 5.91 Å². The average molecular weight is 449 g/mol. The maximum Gasteiger partial charge on any atom is 0.338 e. The van der Waals surface area contributed by atoms with E-state index in [0.29, 0.717) is 18.5 Å². The number of carbonyl (C=O) groups is 2. The molecule has 0 spiro atoms. The molecule has 7 heteroatoms. The molecule has 1 aromatic rings. The number of nitrogens with one attached hydrogen (secondary N) is 1. The van der Waals surface area contributed by atoms with Gasteiger partial charge in [0.1, 0.15) is 0 Å². The molecular formula is C16H19Br2NO4. The van der Waals surface area contributed by atoms with Crippen LogP contribution >= 0.6 is 31.9 Å². The fourth-order valence-electron chi connectivity index (χ4n) is 2.60. The van der Waals surface area contributed by atoms with Gasteiger partial charge in [0.05, 0.1) is 5.69 Å². The van der Waals surface area contributed by atoms with Gasteiger partial charge in [-0.15, -0.1) is 0 Å². The molecule has 23 heavy (non-hydrogen) atoms.